The predicted octanol–water partition coefficient (Wildman–Crippen LogP) is 3.42. The third kappa shape index (κ3) is 2.45. The molecule has 1 saturated heterocycles. The maximum Gasteiger partial charge on any atom is 0.233 e. The standard InChI is InChI=1S/C15H18ClN3O/c1-2-15(6-8-17-9-7-15)14-18-13(19-20-14)11-4-3-5-12(16)10-11/h3-5,10,17H,2,6-9H2,1H3. The van der Waals surface area contributed by atoms with E-state index in [0.29, 0.717) is 10.8 Å². The monoisotopic (exact) mass is 291 g/mol. The van der Waals surface area contributed by atoms with E-state index in [1.807, 2.05) is 24.3 Å². The van der Waals surface area contributed by atoms with Gasteiger partial charge in [-0.1, -0.05) is 35.8 Å². The molecule has 1 fully saturated rings. The van der Waals surface area contributed by atoms with Gasteiger partial charge in [0.25, 0.3) is 0 Å². The van der Waals surface area contributed by atoms with Crippen LogP contribution in [-0.2, 0) is 5.41 Å². The normalized spacial score (nSPS) is 18.1. The number of benzene rings is 1. The van der Waals surface area contributed by atoms with Gasteiger partial charge in [0.2, 0.25) is 11.7 Å². The molecule has 0 amide bonds. The SMILES string of the molecule is CCC1(c2nc(-c3cccc(Cl)c3)no2)CCNCC1. The number of halogens is 1. The largest absolute Gasteiger partial charge is 0.338 e. The van der Waals surface area contributed by atoms with Crippen molar-refractivity contribution < 1.29 is 4.52 Å². The summed E-state index contributed by atoms with van der Waals surface area (Å²) in [6.07, 6.45) is 3.10. The van der Waals surface area contributed by atoms with Crippen LogP contribution in [0.3, 0.4) is 0 Å². The van der Waals surface area contributed by atoms with Crippen molar-refractivity contribution in [1.82, 2.24) is 15.5 Å². The first-order valence-corrected chi connectivity index (χ1v) is 7.42. The minimum Gasteiger partial charge on any atom is -0.338 e. The Bertz CT molecular complexity index is 590. The molecule has 1 N–H and O–H groups in total. The lowest BCUT2D eigenvalue weighted by Gasteiger charge is -2.33. The smallest absolute Gasteiger partial charge is 0.233 e. The van der Waals surface area contributed by atoms with Crippen molar-refractivity contribution in [2.24, 2.45) is 0 Å². The third-order valence-corrected chi connectivity index (χ3v) is 4.44. The summed E-state index contributed by atoms with van der Waals surface area (Å²) in [6.45, 7) is 4.19. The molecule has 5 heteroatoms. The molecule has 0 spiro atoms. The van der Waals surface area contributed by atoms with E-state index in [9.17, 15) is 0 Å². The maximum absolute atomic E-state index is 6.01. The van der Waals surface area contributed by atoms with Crippen LogP contribution in [-0.4, -0.2) is 23.2 Å². The Morgan fingerprint density at radius 2 is 2.15 bits per heavy atom. The first-order valence-electron chi connectivity index (χ1n) is 7.04. The Kier molecular flexibility index (Phi) is 3.76. The van der Waals surface area contributed by atoms with Gasteiger partial charge in [0.1, 0.15) is 0 Å². The van der Waals surface area contributed by atoms with Crippen molar-refractivity contribution >= 4 is 11.6 Å². The molecule has 2 heterocycles. The molecule has 0 radical (unpaired) electrons. The molecule has 1 aromatic carbocycles. The van der Waals surface area contributed by atoms with E-state index in [0.717, 1.165) is 43.8 Å². The van der Waals surface area contributed by atoms with Gasteiger partial charge in [-0.2, -0.15) is 4.98 Å². The summed E-state index contributed by atoms with van der Waals surface area (Å²) in [4.78, 5) is 4.62. The molecule has 0 aliphatic carbocycles. The predicted molar refractivity (Wildman–Crippen MR) is 78.8 cm³/mol. The van der Waals surface area contributed by atoms with Gasteiger partial charge < -0.3 is 9.84 Å². The van der Waals surface area contributed by atoms with Crippen molar-refractivity contribution in [3.63, 3.8) is 0 Å². The van der Waals surface area contributed by atoms with Crippen LogP contribution in [0.4, 0.5) is 0 Å². The first-order chi connectivity index (χ1) is 9.73. The van der Waals surface area contributed by atoms with Crippen LogP contribution in [0, 0.1) is 0 Å². The fourth-order valence-electron chi connectivity index (χ4n) is 2.81. The number of rotatable bonds is 3. The number of hydrogen-bond acceptors (Lipinski definition) is 4. The quantitative estimate of drug-likeness (QED) is 0.941. The summed E-state index contributed by atoms with van der Waals surface area (Å²) < 4.78 is 5.56. The van der Waals surface area contributed by atoms with Gasteiger partial charge in [-0.15, -0.1) is 0 Å². The zero-order chi connectivity index (χ0) is 14.0. The number of nitrogens with zero attached hydrogens (tertiary/aromatic N) is 2. The van der Waals surface area contributed by atoms with Crippen LogP contribution in [0.1, 0.15) is 32.1 Å². The average Bonchev–Trinajstić information content (AvgIpc) is 2.98. The van der Waals surface area contributed by atoms with E-state index < -0.39 is 0 Å². The van der Waals surface area contributed by atoms with Gasteiger partial charge in [-0.25, -0.2) is 0 Å². The number of hydrogen-bond donors (Lipinski definition) is 1. The lowest BCUT2D eigenvalue weighted by molar-refractivity contribution is 0.216. The second-order valence-electron chi connectivity index (χ2n) is 5.32. The highest BCUT2D eigenvalue weighted by Gasteiger charge is 2.37. The minimum atomic E-state index is 0.0229. The molecule has 0 saturated carbocycles. The molecule has 106 valence electrons. The summed E-state index contributed by atoms with van der Waals surface area (Å²) in [5.41, 5.74) is 0.919. The fraction of sp³-hybridized carbons (Fsp3) is 0.467. The molecule has 0 atom stereocenters. The van der Waals surface area contributed by atoms with E-state index in [1.54, 1.807) is 0 Å². The maximum atomic E-state index is 6.01. The summed E-state index contributed by atoms with van der Waals surface area (Å²) in [6, 6.07) is 7.54. The van der Waals surface area contributed by atoms with Crippen LogP contribution in [0.15, 0.2) is 28.8 Å². The van der Waals surface area contributed by atoms with Gasteiger partial charge in [-0.05, 0) is 44.5 Å². The van der Waals surface area contributed by atoms with Gasteiger partial charge in [0.05, 0.1) is 5.41 Å². The van der Waals surface area contributed by atoms with E-state index in [2.05, 4.69) is 22.4 Å². The minimum absolute atomic E-state index is 0.0229. The Morgan fingerprint density at radius 3 is 2.85 bits per heavy atom. The van der Waals surface area contributed by atoms with Crippen LogP contribution in [0.5, 0.6) is 0 Å². The molecule has 1 aromatic heterocycles. The van der Waals surface area contributed by atoms with E-state index in [1.165, 1.54) is 0 Å². The van der Waals surface area contributed by atoms with E-state index >= 15 is 0 Å². The molecule has 20 heavy (non-hydrogen) atoms. The zero-order valence-electron chi connectivity index (χ0n) is 11.5. The summed E-state index contributed by atoms with van der Waals surface area (Å²) in [7, 11) is 0. The van der Waals surface area contributed by atoms with Crippen molar-refractivity contribution in [1.29, 1.82) is 0 Å². The van der Waals surface area contributed by atoms with Crippen LogP contribution in [0.25, 0.3) is 11.4 Å². The molecule has 0 bridgehead atoms. The van der Waals surface area contributed by atoms with Crippen LogP contribution in [0.2, 0.25) is 5.02 Å². The van der Waals surface area contributed by atoms with E-state index in [-0.39, 0.29) is 5.41 Å². The Balaban J connectivity index is 1.93. The lowest BCUT2D eigenvalue weighted by Crippen LogP contribution is -2.39. The van der Waals surface area contributed by atoms with Crippen molar-refractivity contribution in [2.75, 3.05) is 13.1 Å². The average molecular weight is 292 g/mol. The van der Waals surface area contributed by atoms with Gasteiger partial charge in [-0.3, -0.25) is 0 Å². The molecule has 4 nitrogen and oxygen atoms in total. The number of nitrogens with one attached hydrogen (secondary N) is 1. The molecular formula is C15H18ClN3O. The molecule has 0 unspecified atom stereocenters. The molecule has 1 aliphatic rings. The lowest BCUT2D eigenvalue weighted by atomic mass is 9.76. The first kappa shape index (κ1) is 13.6. The molecule has 2 aromatic rings. The van der Waals surface area contributed by atoms with Crippen LogP contribution < -0.4 is 5.32 Å². The Hall–Kier alpha value is -1.39. The second-order valence-corrected chi connectivity index (χ2v) is 5.75. The third-order valence-electron chi connectivity index (χ3n) is 4.20. The molecular weight excluding hydrogens is 274 g/mol. The highest BCUT2D eigenvalue weighted by atomic mass is 35.5. The molecule has 3 rings (SSSR count). The van der Waals surface area contributed by atoms with Crippen molar-refractivity contribution in [3.8, 4) is 11.4 Å². The highest BCUT2D eigenvalue weighted by molar-refractivity contribution is 6.30. The van der Waals surface area contributed by atoms with E-state index in [4.69, 9.17) is 16.1 Å². The van der Waals surface area contributed by atoms with Crippen molar-refractivity contribution in [3.05, 3.63) is 35.2 Å². The zero-order valence-corrected chi connectivity index (χ0v) is 12.3. The number of piperidine rings is 1. The Morgan fingerprint density at radius 1 is 1.35 bits per heavy atom. The van der Waals surface area contributed by atoms with Crippen molar-refractivity contribution in [2.45, 2.75) is 31.6 Å². The number of aromatic nitrogens is 2. The van der Waals surface area contributed by atoms with Gasteiger partial charge in [0.15, 0.2) is 0 Å². The van der Waals surface area contributed by atoms with Gasteiger partial charge >= 0.3 is 0 Å². The second kappa shape index (κ2) is 5.54. The summed E-state index contributed by atoms with van der Waals surface area (Å²) >= 11 is 6.01. The summed E-state index contributed by atoms with van der Waals surface area (Å²) in [5.74, 6) is 1.38. The van der Waals surface area contributed by atoms with Gasteiger partial charge in [0, 0.05) is 10.6 Å². The fourth-order valence-corrected chi connectivity index (χ4v) is 3.00. The summed E-state index contributed by atoms with van der Waals surface area (Å²) in [5, 5.41) is 8.19. The molecule has 1 aliphatic heterocycles. The topological polar surface area (TPSA) is 51.0 Å². The Labute approximate surface area is 123 Å². The van der Waals surface area contributed by atoms with Crippen LogP contribution >= 0.6 is 11.6 Å². The highest BCUT2D eigenvalue weighted by Crippen LogP contribution is 2.36.